The normalized spacial score (nSPS) is 18.2. The van der Waals surface area contributed by atoms with Crippen LogP contribution >= 0.6 is 12.2 Å². The molecule has 2 rings (SSSR count). The van der Waals surface area contributed by atoms with Gasteiger partial charge in [0.25, 0.3) is 0 Å². The summed E-state index contributed by atoms with van der Waals surface area (Å²) in [6, 6.07) is 3.71. The van der Waals surface area contributed by atoms with Crippen LogP contribution in [0.25, 0.3) is 0 Å². The summed E-state index contributed by atoms with van der Waals surface area (Å²) in [6.07, 6.45) is 8.84. The molecule has 3 N–H and O–H groups in total. The van der Waals surface area contributed by atoms with Gasteiger partial charge in [0.05, 0.1) is 16.8 Å². The SMILES string of the molecule is NC(=S)C1(NC(=O)CCc2ccco2)CCCCCC1. The van der Waals surface area contributed by atoms with E-state index in [0.29, 0.717) is 17.8 Å². The number of nitrogens with two attached hydrogens (primary N) is 1. The Kier molecular flexibility index (Phi) is 5.17. The van der Waals surface area contributed by atoms with Gasteiger partial charge in [-0.25, -0.2) is 0 Å². The van der Waals surface area contributed by atoms with E-state index in [2.05, 4.69) is 5.32 Å². The van der Waals surface area contributed by atoms with E-state index >= 15 is 0 Å². The highest BCUT2D eigenvalue weighted by Gasteiger charge is 2.35. The topological polar surface area (TPSA) is 68.3 Å². The number of hydrogen-bond donors (Lipinski definition) is 2. The number of amides is 1. The number of rotatable bonds is 5. The molecule has 5 heteroatoms. The van der Waals surface area contributed by atoms with Gasteiger partial charge in [0.15, 0.2) is 0 Å². The Morgan fingerprint density at radius 2 is 2.05 bits per heavy atom. The van der Waals surface area contributed by atoms with Crippen LogP contribution in [0.3, 0.4) is 0 Å². The maximum Gasteiger partial charge on any atom is 0.221 e. The van der Waals surface area contributed by atoms with Crippen LogP contribution in [-0.4, -0.2) is 16.4 Å². The third-order valence-electron chi connectivity index (χ3n) is 3.99. The minimum absolute atomic E-state index is 0.00361. The molecule has 0 bridgehead atoms. The zero-order chi connectivity index (χ0) is 14.4. The first-order chi connectivity index (χ1) is 9.62. The van der Waals surface area contributed by atoms with Gasteiger partial charge in [0.1, 0.15) is 5.76 Å². The van der Waals surface area contributed by atoms with Crippen LogP contribution in [0.15, 0.2) is 22.8 Å². The van der Waals surface area contributed by atoms with Crippen molar-refractivity contribution in [3.05, 3.63) is 24.2 Å². The van der Waals surface area contributed by atoms with Gasteiger partial charge < -0.3 is 15.5 Å². The third kappa shape index (κ3) is 3.82. The summed E-state index contributed by atoms with van der Waals surface area (Å²) in [7, 11) is 0. The summed E-state index contributed by atoms with van der Waals surface area (Å²) in [5, 5.41) is 3.09. The monoisotopic (exact) mass is 294 g/mol. The van der Waals surface area contributed by atoms with Gasteiger partial charge in [-0.3, -0.25) is 4.79 Å². The molecule has 1 aliphatic rings. The fraction of sp³-hybridized carbons (Fsp3) is 0.600. The Labute approximate surface area is 125 Å². The fourth-order valence-electron chi connectivity index (χ4n) is 2.79. The maximum atomic E-state index is 12.2. The summed E-state index contributed by atoms with van der Waals surface area (Å²) in [6.45, 7) is 0. The Hall–Kier alpha value is -1.36. The number of nitrogens with one attached hydrogen (secondary N) is 1. The van der Waals surface area contributed by atoms with Crippen LogP contribution in [0, 0.1) is 0 Å². The molecular formula is C15H22N2O2S. The highest BCUT2D eigenvalue weighted by molar-refractivity contribution is 7.80. The van der Waals surface area contributed by atoms with Gasteiger partial charge in [-0.2, -0.15) is 0 Å². The van der Waals surface area contributed by atoms with Crippen molar-refractivity contribution < 1.29 is 9.21 Å². The standard InChI is InChI=1S/C15H22N2O2S/c16-14(20)15(9-3-1-2-4-10-15)17-13(18)8-7-12-6-5-11-19-12/h5-6,11H,1-4,7-10H2,(H2,16,20)(H,17,18). The molecule has 1 aromatic heterocycles. The Morgan fingerprint density at radius 3 is 2.60 bits per heavy atom. The lowest BCUT2D eigenvalue weighted by Crippen LogP contribution is -2.56. The van der Waals surface area contributed by atoms with E-state index in [0.717, 1.165) is 31.4 Å². The van der Waals surface area contributed by atoms with E-state index in [4.69, 9.17) is 22.4 Å². The predicted octanol–water partition coefficient (Wildman–Crippen LogP) is 2.71. The molecule has 1 saturated carbocycles. The second kappa shape index (κ2) is 6.88. The molecule has 1 heterocycles. The van der Waals surface area contributed by atoms with Gasteiger partial charge in [-0.1, -0.05) is 37.9 Å². The van der Waals surface area contributed by atoms with Crippen molar-refractivity contribution in [2.75, 3.05) is 0 Å². The molecule has 0 atom stereocenters. The Morgan fingerprint density at radius 1 is 1.35 bits per heavy atom. The zero-order valence-corrected chi connectivity index (χ0v) is 12.5. The van der Waals surface area contributed by atoms with Gasteiger partial charge in [-0.05, 0) is 25.0 Å². The summed E-state index contributed by atoms with van der Waals surface area (Å²) < 4.78 is 5.24. The molecule has 110 valence electrons. The quantitative estimate of drug-likeness (QED) is 0.647. The van der Waals surface area contributed by atoms with Crippen LogP contribution in [0.1, 0.15) is 50.7 Å². The molecule has 1 amide bonds. The average Bonchev–Trinajstić information content (AvgIpc) is 2.82. The molecule has 1 aliphatic carbocycles. The molecule has 0 aliphatic heterocycles. The Bertz CT molecular complexity index is 448. The molecule has 20 heavy (non-hydrogen) atoms. The average molecular weight is 294 g/mol. The fourth-order valence-corrected chi connectivity index (χ4v) is 3.04. The first kappa shape index (κ1) is 15.0. The second-order valence-corrected chi connectivity index (χ2v) is 5.93. The molecule has 0 aromatic carbocycles. The van der Waals surface area contributed by atoms with E-state index in [-0.39, 0.29) is 5.91 Å². The van der Waals surface area contributed by atoms with E-state index in [1.165, 1.54) is 12.8 Å². The highest BCUT2D eigenvalue weighted by atomic mass is 32.1. The van der Waals surface area contributed by atoms with Crippen molar-refractivity contribution in [1.29, 1.82) is 0 Å². The van der Waals surface area contributed by atoms with Crippen molar-refractivity contribution >= 4 is 23.1 Å². The number of aryl methyl sites for hydroxylation is 1. The van der Waals surface area contributed by atoms with Crippen molar-refractivity contribution in [2.24, 2.45) is 5.73 Å². The van der Waals surface area contributed by atoms with Crippen LogP contribution in [0.2, 0.25) is 0 Å². The second-order valence-electron chi connectivity index (χ2n) is 5.49. The summed E-state index contributed by atoms with van der Waals surface area (Å²) >= 11 is 5.21. The number of hydrogen-bond acceptors (Lipinski definition) is 3. The predicted molar refractivity (Wildman–Crippen MR) is 82.4 cm³/mol. The zero-order valence-electron chi connectivity index (χ0n) is 11.7. The van der Waals surface area contributed by atoms with Crippen LogP contribution < -0.4 is 11.1 Å². The van der Waals surface area contributed by atoms with Gasteiger partial charge >= 0.3 is 0 Å². The minimum Gasteiger partial charge on any atom is -0.469 e. The van der Waals surface area contributed by atoms with E-state index in [9.17, 15) is 4.79 Å². The molecular weight excluding hydrogens is 272 g/mol. The molecule has 1 aromatic rings. The minimum atomic E-state index is -0.480. The number of carbonyl (C=O) groups is 1. The lowest BCUT2D eigenvalue weighted by Gasteiger charge is -2.32. The molecule has 0 radical (unpaired) electrons. The van der Waals surface area contributed by atoms with Crippen molar-refractivity contribution in [3.8, 4) is 0 Å². The molecule has 1 fully saturated rings. The first-order valence-corrected chi connectivity index (χ1v) is 7.66. The molecule has 0 saturated heterocycles. The van der Waals surface area contributed by atoms with E-state index in [1.807, 2.05) is 12.1 Å². The smallest absolute Gasteiger partial charge is 0.221 e. The highest BCUT2D eigenvalue weighted by Crippen LogP contribution is 2.27. The van der Waals surface area contributed by atoms with Gasteiger partial charge in [0, 0.05) is 12.8 Å². The Balaban J connectivity index is 1.93. The summed E-state index contributed by atoms with van der Waals surface area (Å²) in [5.41, 5.74) is 5.43. The van der Waals surface area contributed by atoms with Crippen LogP contribution in [0.5, 0.6) is 0 Å². The summed E-state index contributed by atoms with van der Waals surface area (Å²) in [5.74, 6) is 0.821. The molecule has 4 nitrogen and oxygen atoms in total. The lowest BCUT2D eigenvalue weighted by atomic mass is 9.89. The number of thiocarbonyl (C=S) groups is 1. The van der Waals surface area contributed by atoms with Crippen LogP contribution in [-0.2, 0) is 11.2 Å². The number of carbonyl (C=O) groups excluding carboxylic acids is 1. The lowest BCUT2D eigenvalue weighted by molar-refractivity contribution is -0.122. The maximum absolute atomic E-state index is 12.2. The molecule has 0 unspecified atom stereocenters. The van der Waals surface area contributed by atoms with Gasteiger partial charge in [0.2, 0.25) is 5.91 Å². The van der Waals surface area contributed by atoms with Crippen molar-refractivity contribution in [3.63, 3.8) is 0 Å². The van der Waals surface area contributed by atoms with Crippen molar-refractivity contribution in [2.45, 2.75) is 56.9 Å². The van der Waals surface area contributed by atoms with E-state index in [1.54, 1.807) is 6.26 Å². The summed E-state index contributed by atoms with van der Waals surface area (Å²) in [4.78, 5) is 12.6. The number of furan rings is 1. The third-order valence-corrected chi connectivity index (χ3v) is 4.38. The van der Waals surface area contributed by atoms with E-state index < -0.39 is 5.54 Å². The first-order valence-electron chi connectivity index (χ1n) is 7.26. The largest absolute Gasteiger partial charge is 0.469 e. The molecule has 0 spiro atoms. The van der Waals surface area contributed by atoms with Crippen molar-refractivity contribution in [1.82, 2.24) is 5.32 Å². The van der Waals surface area contributed by atoms with Crippen LogP contribution in [0.4, 0.5) is 0 Å². The van der Waals surface area contributed by atoms with Gasteiger partial charge in [-0.15, -0.1) is 0 Å².